The van der Waals surface area contributed by atoms with E-state index >= 15 is 0 Å². The number of hydrogen-bond acceptors (Lipinski definition) is 1. The average molecular weight is 240 g/mol. The molecule has 1 aliphatic rings. The molecule has 1 heterocycles. The normalized spacial score (nSPS) is 15.3. The second-order valence-electron chi connectivity index (χ2n) is 3.16. The predicted octanol–water partition coefficient (Wildman–Crippen LogP) is 2.29. The van der Waals surface area contributed by atoms with Gasteiger partial charge in [-0.2, -0.15) is 0 Å². The number of halogens is 1. The van der Waals surface area contributed by atoms with Crippen LogP contribution in [0.25, 0.3) is 0 Å². The maximum atomic E-state index is 11.7. The van der Waals surface area contributed by atoms with E-state index in [4.69, 9.17) is 0 Å². The molecule has 13 heavy (non-hydrogen) atoms. The minimum atomic E-state index is 0.146. The first-order valence-corrected chi connectivity index (χ1v) is 5.11. The number of benzene rings is 1. The van der Waals surface area contributed by atoms with Crippen molar-refractivity contribution in [2.75, 3.05) is 13.1 Å². The van der Waals surface area contributed by atoms with Gasteiger partial charge in [0.25, 0.3) is 5.91 Å². The molecule has 1 aromatic carbocycles. The van der Waals surface area contributed by atoms with Gasteiger partial charge in [0.2, 0.25) is 0 Å². The summed E-state index contributed by atoms with van der Waals surface area (Å²) in [4.78, 5) is 13.5. The number of rotatable bonds is 1. The van der Waals surface area contributed by atoms with Crippen LogP contribution in [-0.2, 0) is 0 Å². The molecule has 68 valence electrons. The van der Waals surface area contributed by atoms with E-state index in [1.54, 1.807) is 0 Å². The SMILES string of the molecule is O=C(c1cccc(Br)c1)N1CCC1. The molecule has 0 saturated carbocycles. The highest BCUT2D eigenvalue weighted by atomic mass is 79.9. The summed E-state index contributed by atoms with van der Waals surface area (Å²) in [6, 6.07) is 7.52. The zero-order chi connectivity index (χ0) is 9.26. The van der Waals surface area contributed by atoms with Gasteiger partial charge in [-0.25, -0.2) is 0 Å². The maximum Gasteiger partial charge on any atom is 0.253 e. The van der Waals surface area contributed by atoms with Crippen molar-refractivity contribution in [3.05, 3.63) is 34.3 Å². The molecule has 3 heteroatoms. The van der Waals surface area contributed by atoms with E-state index in [2.05, 4.69) is 15.9 Å². The zero-order valence-corrected chi connectivity index (χ0v) is 8.75. The minimum absolute atomic E-state index is 0.146. The Kier molecular flexibility index (Phi) is 2.36. The minimum Gasteiger partial charge on any atom is -0.339 e. The van der Waals surface area contributed by atoms with Crippen LogP contribution in [0.5, 0.6) is 0 Å². The third-order valence-corrected chi connectivity index (χ3v) is 2.71. The number of likely N-dealkylation sites (tertiary alicyclic amines) is 1. The van der Waals surface area contributed by atoms with E-state index < -0.39 is 0 Å². The molecule has 1 fully saturated rings. The number of carbonyl (C=O) groups excluding carboxylic acids is 1. The standard InChI is InChI=1S/C10H10BrNO/c11-9-4-1-3-8(7-9)10(13)12-5-2-6-12/h1,3-4,7H,2,5-6H2. The van der Waals surface area contributed by atoms with Crippen molar-refractivity contribution in [2.24, 2.45) is 0 Å². The molecule has 2 nitrogen and oxygen atoms in total. The van der Waals surface area contributed by atoms with E-state index in [1.807, 2.05) is 29.2 Å². The van der Waals surface area contributed by atoms with Gasteiger partial charge in [0.1, 0.15) is 0 Å². The van der Waals surface area contributed by atoms with E-state index in [0.29, 0.717) is 0 Å². The first kappa shape index (κ1) is 8.75. The van der Waals surface area contributed by atoms with E-state index in [0.717, 1.165) is 29.5 Å². The lowest BCUT2D eigenvalue weighted by Gasteiger charge is -2.30. The molecule has 1 saturated heterocycles. The number of amides is 1. The molecule has 0 N–H and O–H groups in total. The van der Waals surface area contributed by atoms with Crippen LogP contribution in [0.3, 0.4) is 0 Å². The third kappa shape index (κ3) is 1.75. The second kappa shape index (κ2) is 3.50. The molecule has 1 aromatic rings. The Morgan fingerprint density at radius 2 is 2.15 bits per heavy atom. The van der Waals surface area contributed by atoms with E-state index in [-0.39, 0.29) is 5.91 Å². The fourth-order valence-electron chi connectivity index (χ4n) is 1.32. The van der Waals surface area contributed by atoms with Crippen LogP contribution in [0.2, 0.25) is 0 Å². The molecule has 2 rings (SSSR count). The lowest BCUT2D eigenvalue weighted by atomic mass is 10.1. The van der Waals surface area contributed by atoms with Gasteiger partial charge in [-0.3, -0.25) is 4.79 Å². The Morgan fingerprint density at radius 3 is 2.69 bits per heavy atom. The van der Waals surface area contributed by atoms with Gasteiger partial charge in [0.15, 0.2) is 0 Å². The highest BCUT2D eigenvalue weighted by molar-refractivity contribution is 9.10. The molecule has 1 aliphatic heterocycles. The lowest BCUT2D eigenvalue weighted by Crippen LogP contribution is -2.41. The number of carbonyl (C=O) groups is 1. The summed E-state index contributed by atoms with van der Waals surface area (Å²) in [5.41, 5.74) is 0.772. The molecule has 0 unspecified atom stereocenters. The number of hydrogen-bond donors (Lipinski definition) is 0. The lowest BCUT2D eigenvalue weighted by molar-refractivity contribution is 0.0652. The molecule has 0 radical (unpaired) electrons. The Hall–Kier alpha value is -0.830. The molecular weight excluding hydrogens is 230 g/mol. The van der Waals surface area contributed by atoms with E-state index in [1.165, 1.54) is 0 Å². The van der Waals surface area contributed by atoms with Gasteiger partial charge < -0.3 is 4.90 Å². The van der Waals surface area contributed by atoms with Gasteiger partial charge in [0.05, 0.1) is 0 Å². The molecule has 1 amide bonds. The monoisotopic (exact) mass is 239 g/mol. The molecule has 0 spiro atoms. The fourth-order valence-corrected chi connectivity index (χ4v) is 1.72. The highest BCUT2D eigenvalue weighted by Crippen LogP contribution is 2.16. The Labute approximate surface area is 85.7 Å². The molecule has 0 bridgehead atoms. The van der Waals surface area contributed by atoms with Crippen molar-refractivity contribution < 1.29 is 4.79 Å². The fraction of sp³-hybridized carbons (Fsp3) is 0.300. The Morgan fingerprint density at radius 1 is 1.38 bits per heavy atom. The summed E-state index contributed by atoms with van der Waals surface area (Å²) in [5.74, 6) is 0.146. The Balaban J connectivity index is 2.19. The first-order chi connectivity index (χ1) is 6.27. The van der Waals surface area contributed by atoms with Gasteiger partial charge in [-0.15, -0.1) is 0 Å². The van der Waals surface area contributed by atoms with Crippen molar-refractivity contribution in [3.8, 4) is 0 Å². The molecular formula is C10H10BrNO. The van der Waals surface area contributed by atoms with Crippen molar-refractivity contribution in [1.82, 2.24) is 4.90 Å². The van der Waals surface area contributed by atoms with Crippen LogP contribution in [0.15, 0.2) is 28.7 Å². The summed E-state index contributed by atoms with van der Waals surface area (Å²) in [6.07, 6.45) is 1.14. The summed E-state index contributed by atoms with van der Waals surface area (Å²) in [5, 5.41) is 0. The topological polar surface area (TPSA) is 20.3 Å². The van der Waals surface area contributed by atoms with Crippen LogP contribution < -0.4 is 0 Å². The summed E-state index contributed by atoms with van der Waals surface area (Å²) in [6.45, 7) is 1.82. The summed E-state index contributed by atoms with van der Waals surface area (Å²) in [7, 11) is 0. The zero-order valence-electron chi connectivity index (χ0n) is 7.16. The van der Waals surface area contributed by atoms with Crippen molar-refractivity contribution in [2.45, 2.75) is 6.42 Å². The predicted molar refractivity (Wildman–Crippen MR) is 54.7 cm³/mol. The van der Waals surface area contributed by atoms with Crippen LogP contribution in [-0.4, -0.2) is 23.9 Å². The van der Waals surface area contributed by atoms with Gasteiger partial charge in [0, 0.05) is 23.1 Å². The van der Waals surface area contributed by atoms with Gasteiger partial charge in [-0.1, -0.05) is 22.0 Å². The quantitative estimate of drug-likeness (QED) is 0.737. The van der Waals surface area contributed by atoms with Crippen molar-refractivity contribution >= 4 is 21.8 Å². The van der Waals surface area contributed by atoms with Gasteiger partial charge in [-0.05, 0) is 24.6 Å². The summed E-state index contributed by atoms with van der Waals surface area (Å²) >= 11 is 3.35. The molecule has 0 aromatic heterocycles. The largest absolute Gasteiger partial charge is 0.339 e. The van der Waals surface area contributed by atoms with Crippen molar-refractivity contribution in [3.63, 3.8) is 0 Å². The third-order valence-electron chi connectivity index (χ3n) is 2.21. The van der Waals surface area contributed by atoms with Crippen LogP contribution in [0.4, 0.5) is 0 Å². The van der Waals surface area contributed by atoms with Crippen LogP contribution in [0.1, 0.15) is 16.8 Å². The maximum absolute atomic E-state index is 11.7. The molecule has 0 atom stereocenters. The van der Waals surface area contributed by atoms with Crippen LogP contribution >= 0.6 is 15.9 Å². The Bertz CT molecular complexity index is 333. The first-order valence-electron chi connectivity index (χ1n) is 4.32. The van der Waals surface area contributed by atoms with E-state index in [9.17, 15) is 4.79 Å². The van der Waals surface area contributed by atoms with Gasteiger partial charge >= 0.3 is 0 Å². The summed E-state index contributed by atoms with van der Waals surface area (Å²) < 4.78 is 0.957. The second-order valence-corrected chi connectivity index (χ2v) is 4.07. The molecule has 0 aliphatic carbocycles. The number of nitrogens with zero attached hydrogens (tertiary/aromatic N) is 1. The smallest absolute Gasteiger partial charge is 0.253 e. The highest BCUT2D eigenvalue weighted by Gasteiger charge is 2.21. The van der Waals surface area contributed by atoms with Crippen LogP contribution in [0, 0.1) is 0 Å². The van der Waals surface area contributed by atoms with Crippen molar-refractivity contribution in [1.29, 1.82) is 0 Å². The average Bonchev–Trinajstić information content (AvgIpc) is 2.01.